The first-order valence-corrected chi connectivity index (χ1v) is 6.27. The van der Waals surface area contributed by atoms with Gasteiger partial charge in [0, 0.05) is 19.3 Å². The van der Waals surface area contributed by atoms with Crippen molar-refractivity contribution in [2.75, 3.05) is 5.73 Å². The molecule has 0 saturated carbocycles. The Kier molecular flexibility index (Phi) is 3.85. The van der Waals surface area contributed by atoms with Crippen LogP contribution in [-0.4, -0.2) is 9.13 Å². The lowest BCUT2D eigenvalue weighted by Crippen LogP contribution is -2.40. The minimum absolute atomic E-state index is 0.106. The van der Waals surface area contributed by atoms with Crippen LogP contribution in [0.2, 0.25) is 0 Å². The topological polar surface area (TPSA) is 70.0 Å². The van der Waals surface area contributed by atoms with Crippen molar-refractivity contribution >= 4 is 5.69 Å². The lowest BCUT2D eigenvalue weighted by Gasteiger charge is -2.10. The van der Waals surface area contributed by atoms with Crippen molar-refractivity contribution in [3.05, 3.63) is 62.9 Å². The molecule has 2 N–H and O–H groups in total. The first kappa shape index (κ1) is 13.1. The summed E-state index contributed by atoms with van der Waals surface area (Å²) in [6.07, 6.45) is 2.03. The lowest BCUT2D eigenvalue weighted by atomic mass is 10.1. The van der Waals surface area contributed by atoms with E-state index in [0.29, 0.717) is 19.5 Å². The molecule has 0 aliphatic carbocycles. The molecule has 1 aromatic heterocycles. The smallest absolute Gasteiger partial charge is 0.331 e. The normalized spacial score (nSPS) is 10.6. The van der Waals surface area contributed by atoms with Gasteiger partial charge in [0.05, 0.1) is 0 Å². The number of aromatic nitrogens is 2. The van der Waals surface area contributed by atoms with Crippen LogP contribution in [0.1, 0.15) is 12.5 Å². The number of nitrogens with zero attached hydrogens (tertiary/aromatic N) is 2. The highest BCUT2D eigenvalue weighted by Crippen LogP contribution is 2.00. The second-order valence-electron chi connectivity index (χ2n) is 4.35. The maximum atomic E-state index is 12.1. The van der Waals surface area contributed by atoms with Crippen LogP contribution in [0.3, 0.4) is 0 Å². The number of hydrogen-bond acceptors (Lipinski definition) is 3. The highest BCUT2D eigenvalue weighted by atomic mass is 16.2. The van der Waals surface area contributed by atoms with E-state index in [0.717, 1.165) is 5.56 Å². The van der Waals surface area contributed by atoms with Gasteiger partial charge in [-0.25, -0.2) is 4.79 Å². The van der Waals surface area contributed by atoms with Gasteiger partial charge in [-0.3, -0.25) is 13.9 Å². The van der Waals surface area contributed by atoms with Gasteiger partial charge in [-0.2, -0.15) is 0 Å². The Morgan fingerprint density at radius 2 is 1.84 bits per heavy atom. The predicted octanol–water partition coefficient (Wildman–Crippen LogP) is 0.855. The van der Waals surface area contributed by atoms with Crippen LogP contribution >= 0.6 is 0 Å². The number of benzene rings is 1. The fraction of sp³-hybridized carbons (Fsp3) is 0.286. The van der Waals surface area contributed by atoms with Gasteiger partial charge in [0.1, 0.15) is 5.69 Å². The van der Waals surface area contributed by atoms with Crippen molar-refractivity contribution in [2.24, 2.45) is 0 Å². The fourth-order valence-corrected chi connectivity index (χ4v) is 1.99. The average molecular weight is 259 g/mol. The molecule has 0 amide bonds. The zero-order valence-corrected chi connectivity index (χ0v) is 10.9. The van der Waals surface area contributed by atoms with Gasteiger partial charge in [-0.1, -0.05) is 30.3 Å². The summed E-state index contributed by atoms with van der Waals surface area (Å²) in [6, 6.07) is 9.73. The molecule has 5 heteroatoms. The molecule has 0 atom stereocenters. The van der Waals surface area contributed by atoms with Crippen LogP contribution in [0.4, 0.5) is 5.69 Å². The van der Waals surface area contributed by atoms with Gasteiger partial charge < -0.3 is 5.73 Å². The third-order valence-electron chi connectivity index (χ3n) is 3.07. The van der Waals surface area contributed by atoms with E-state index in [1.165, 1.54) is 15.3 Å². The van der Waals surface area contributed by atoms with Gasteiger partial charge >= 0.3 is 5.69 Å². The van der Waals surface area contributed by atoms with Crippen LogP contribution in [0, 0.1) is 0 Å². The average Bonchev–Trinajstić information content (AvgIpc) is 2.44. The van der Waals surface area contributed by atoms with Crippen molar-refractivity contribution in [3.63, 3.8) is 0 Å². The molecule has 0 unspecified atom stereocenters. The third kappa shape index (κ3) is 2.76. The highest BCUT2D eigenvalue weighted by molar-refractivity contribution is 5.31. The Labute approximate surface area is 110 Å². The van der Waals surface area contributed by atoms with Crippen LogP contribution in [-0.2, 0) is 19.5 Å². The Balaban J connectivity index is 2.33. The molecule has 0 spiro atoms. The molecule has 100 valence electrons. The van der Waals surface area contributed by atoms with Crippen LogP contribution in [0.25, 0.3) is 0 Å². The number of rotatable bonds is 4. The van der Waals surface area contributed by atoms with E-state index in [1.807, 2.05) is 37.3 Å². The van der Waals surface area contributed by atoms with Gasteiger partial charge in [0.2, 0.25) is 0 Å². The molecular formula is C14H17N3O2. The molecule has 5 nitrogen and oxygen atoms in total. The van der Waals surface area contributed by atoms with Crippen LogP contribution in [0.15, 0.2) is 46.1 Å². The second-order valence-corrected chi connectivity index (χ2v) is 4.35. The molecule has 1 aromatic carbocycles. The van der Waals surface area contributed by atoms with Crippen molar-refractivity contribution in [2.45, 2.75) is 26.4 Å². The predicted molar refractivity (Wildman–Crippen MR) is 75.2 cm³/mol. The van der Waals surface area contributed by atoms with E-state index >= 15 is 0 Å². The van der Waals surface area contributed by atoms with Crippen molar-refractivity contribution in [3.8, 4) is 0 Å². The van der Waals surface area contributed by atoms with Crippen molar-refractivity contribution in [1.29, 1.82) is 0 Å². The SMILES string of the molecule is CCn1cc(N)c(=O)n(CCc2ccccc2)c1=O. The van der Waals surface area contributed by atoms with Crippen molar-refractivity contribution < 1.29 is 0 Å². The summed E-state index contributed by atoms with van der Waals surface area (Å²) >= 11 is 0. The molecule has 19 heavy (non-hydrogen) atoms. The third-order valence-corrected chi connectivity index (χ3v) is 3.07. The quantitative estimate of drug-likeness (QED) is 0.885. The summed E-state index contributed by atoms with van der Waals surface area (Å²) < 4.78 is 2.65. The van der Waals surface area contributed by atoms with Gasteiger partial charge in [0.15, 0.2) is 0 Å². The summed E-state index contributed by atoms with van der Waals surface area (Å²) in [5, 5.41) is 0. The maximum Gasteiger partial charge on any atom is 0.331 e. The Morgan fingerprint density at radius 3 is 2.47 bits per heavy atom. The van der Waals surface area contributed by atoms with E-state index in [2.05, 4.69) is 0 Å². The molecule has 0 aliphatic heterocycles. The van der Waals surface area contributed by atoms with E-state index in [4.69, 9.17) is 5.73 Å². The number of nitrogen functional groups attached to an aromatic ring is 1. The molecule has 0 saturated heterocycles. The number of aryl methyl sites for hydroxylation is 2. The fourth-order valence-electron chi connectivity index (χ4n) is 1.99. The molecule has 1 heterocycles. The molecule has 0 bridgehead atoms. The first-order chi connectivity index (χ1) is 9.13. The summed E-state index contributed by atoms with van der Waals surface area (Å²) in [7, 11) is 0. The van der Waals surface area contributed by atoms with E-state index in [1.54, 1.807) is 0 Å². The zero-order valence-electron chi connectivity index (χ0n) is 10.9. The molecule has 0 fully saturated rings. The number of anilines is 1. The molecule has 2 aromatic rings. The number of hydrogen-bond donors (Lipinski definition) is 1. The molecular weight excluding hydrogens is 242 g/mol. The highest BCUT2D eigenvalue weighted by Gasteiger charge is 2.08. The molecule has 0 radical (unpaired) electrons. The van der Waals surface area contributed by atoms with Crippen LogP contribution in [0.5, 0.6) is 0 Å². The zero-order chi connectivity index (χ0) is 13.8. The summed E-state index contributed by atoms with van der Waals surface area (Å²) in [5.41, 5.74) is 6.11. The Morgan fingerprint density at radius 1 is 1.16 bits per heavy atom. The first-order valence-electron chi connectivity index (χ1n) is 6.27. The molecule has 2 rings (SSSR count). The Bertz CT molecular complexity index is 671. The van der Waals surface area contributed by atoms with Gasteiger partial charge in [0.25, 0.3) is 5.56 Å². The summed E-state index contributed by atoms with van der Waals surface area (Å²) in [4.78, 5) is 24.0. The monoisotopic (exact) mass is 259 g/mol. The van der Waals surface area contributed by atoms with E-state index in [9.17, 15) is 9.59 Å². The standard InChI is InChI=1S/C14H17N3O2/c1-2-16-10-12(15)13(18)17(14(16)19)9-8-11-6-4-3-5-7-11/h3-7,10H,2,8-9,15H2,1H3. The second kappa shape index (κ2) is 5.56. The van der Waals surface area contributed by atoms with Crippen molar-refractivity contribution in [1.82, 2.24) is 9.13 Å². The summed E-state index contributed by atoms with van der Waals surface area (Å²) in [5.74, 6) is 0. The van der Waals surface area contributed by atoms with Gasteiger partial charge in [-0.15, -0.1) is 0 Å². The minimum Gasteiger partial charge on any atom is -0.393 e. The van der Waals surface area contributed by atoms with E-state index in [-0.39, 0.29) is 11.4 Å². The minimum atomic E-state index is -0.411. The lowest BCUT2D eigenvalue weighted by molar-refractivity contribution is 0.568. The largest absolute Gasteiger partial charge is 0.393 e. The number of nitrogens with two attached hydrogens (primary N) is 1. The summed E-state index contributed by atoms with van der Waals surface area (Å²) in [6.45, 7) is 2.67. The van der Waals surface area contributed by atoms with E-state index < -0.39 is 5.56 Å². The maximum absolute atomic E-state index is 12.1. The van der Waals surface area contributed by atoms with Crippen LogP contribution < -0.4 is 17.0 Å². The Hall–Kier alpha value is -2.30. The van der Waals surface area contributed by atoms with Gasteiger partial charge in [-0.05, 0) is 18.9 Å². The molecule has 0 aliphatic rings.